The largest absolute Gasteiger partial charge is 0.375 e. The summed E-state index contributed by atoms with van der Waals surface area (Å²) in [5.74, 6) is 0.0623. The number of carbonyl (C=O) groups is 2. The van der Waals surface area contributed by atoms with Crippen molar-refractivity contribution in [1.82, 2.24) is 9.80 Å². The molecule has 5 nitrogen and oxygen atoms in total. The Hall–Kier alpha value is -2.18. The fourth-order valence-electron chi connectivity index (χ4n) is 2.97. The molecule has 0 saturated heterocycles. The Morgan fingerprint density at radius 3 is 2.29 bits per heavy atom. The van der Waals surface area contributed by atoms with E-state index >= 15 is 0 Å². The van der Waals surface area contributed by atoms with Crippen LogP contribution < -0.4 is 0 Å². The van der Waals surface area contributed by atoms with E-state index < -0.39 is 0 Å². The molecule has 0 bridgehead atoms. The third-order valence-electron chi connectivity index (χ3n) is 4.24. The van der Waals surface area contributed by atoms with Crippen LogP contribution in [0, 0.1) is 12.8 Å². The Morgan fingerprint density at radius 2 is 1.71 bits per heavy atom. The zero-order valence-electron chi connectivity index (χ0n) is 17.2. The molecule has 0 atom stereocenters. The minimum absolute atomic E-state index is 0.0111. The SMILES string of the molecule is COCC(=O)N(CC(=O)N(Cc1ccccc1)Cc1ccc(C)s1)CC(C)C. The Kier molecular flexibility index (Phi) is 8.67. The molecule has 0 aliphatic rings. The van der Waals surface area contributed by atoms with E-state index in [1.54, 1.807) is 16.2 Å². The van der Waals surface area contributed by atoms with E-state index in [2.05, 4.69) is 19.1 Å². The first-order chi connectivity index (χ1) is 13.4. The Balaban J connectivity index is 2.16. The topological polar surface area (TPSA) is 49.9 Å². The summed E-state index contributed by atoms with van der Waals surface area (Å²) in [6, 6.07) is 14.1. The third-order valence-corrected chi connectivity index (χ3v) is 5.23. The second-order valence-electron chi connectivity index (χ2n) is 7.35. The lowest BCUT2D eigenvalue weighted by Gasteiger charge is -2.28. The molecular weight excluding hydrogens is 372 g/mol. The van der Waals surface area contributed by atoms with Crippen LogP contribution in [0.15, 0.2) is 42.5 Å². The van der Waals surface area contributed by atoms with Crippen LogP contribution in [0.2, 0.25) is 0 Å². The molecule has 0 unspecified atom stereocenters. The molecule has 0 radical (unpaired) electrons. The van der Waals surface area contributed by atoms with Gasteiger partial charge in [0.15, 0.2) is 0 Å². The lowest BCUT2D eigenvalue weighted by Crippen LogP contribution is -2.45. The number of amides is 2. The predicted molar refractivity (Wildman–Crippen MR) is 113 cm³/mol. The lowest BCUT2D eigenvalue weighted by molar-refractivity contribution is -0.143. The maximum atomic E-state index is 13.2. The minimum Gasteiger partial charge on any atom is -0.375 e. The van der Waals surface area contributed by atoms with Crippen molar-refractivity contribution >= 4 is 23.2 Å². The van der Waals surface area contributed by atoms with Gasteiger partial charge >= 0.3 is 0 Å². The van der Waals surface area contributed by atoms with Crippen molar-refractivity contribution in [3.8, 4) is 0 Å². The zero-order valence-corrected chi connectivity index (χ0v) is 18.0. The highest BCUT2D eigenvalue weighted by Crippen LogP contribution is 2.19. The van der Waals surface area contributed by atoms with Crippen molar-refractivity contribution in [3.63, 3.8) is 0 Å². The molecule has 0 spiro atoms. The molecule has 1 aromatic heterocycles. The van der Waals surface area contributed by atoms with Gasteiger partial charge in [0.25, 0.3) is 0 Å². The first-order valence-corrected chi connectivity index (χ1v) is 10.3. The van der Waals surface area contributed by atoms with Crippen molar-refractivity contribution in [1.29, 1.82) is 0 Å². The second kappa shape index (κ2) is 11.0. The van der Waals surface area contributed by atoms with E-state index in [0.717, 1.165) is 10.4 Å². The highest BCUT2D eigenvalue weighted by Gasteiger charge is 2.22. The first-order valence-electron chi connectivity index (χ1n) is 9.52. The molecule has 28 heavy (non-hydrogen) atoms. The molecule has 1 heterocycles. The van der Waals surface area contributed by atoms with Crippen molar-refractivity contribution in [2.24, 2.45) is 5.92 Å². The van der Waals surface area contributed by atoms with Gasteiger partial charge in [0.2, 0.25) is 11.8 Å². The molecule has 2 rings (SSSR count). The van der Waals surface area contributed by atoms with Gasteiger partial charge in [-0.15, -0.1) is 11.3 Å². The molecule has 0 saturated carbocycles. The summed E-state index contributed by atoms with van der Waals surface area (Å²) in [5.41, 5.74) is 1.07. The van der Waals surface area contributed by atoms with Gasteiger partial charge in [-0.05, 0) is 30.5 Å². The van der Waals surface area contributed by atoms with Crippen LogP contribution in [-0.2, 0) is 27.4 Å². The molecule has 6 heteroatoms. The van der Waals surface area contributed by atoms with Gasteiger partial charge < -0.3 is 14.5 Å². The van der Waals surface area contributed by atoms with Crippen molar-refractivity contribution in [2.75, 3.05) is 26.8 Å². The van der Waals surface area contributed by atoms with E-state index in [9.17, 15) is 9.59 Å². The van der Waals surface area contributed by atoms with Crippen molar-refractivity contribution < 1.29 is 14.3 Å². The maximum Gasteiger partial charge on any atom is 0.249 e. The number of methoxy groups -OCH3 is 1. The molecule has 2 aromatic rings. The van der Waals surface area contributed by atoms with Crippen LogP contribution in [0.3, 0.4) is 0 Å². The van der Waals surface area contributed by atoms with E-state index in [1.165, 1.54) is 12.0 Å². The molecule has 2 amide bonds. The summed E-state index contributed by atoms with van der Waals surface area (Å²) >= 11 is 1.69. The average Bonchev–Trinajstić information content (AvgIpc) is 3.06. The van der Waals surface area contributed by atoms with E-state index in [1.807, 2.05) is 49.1 Å². The van der Waals surface area contributed by atoms with Crippen LogP contribution in [-0.4, -0.2) is 48.4 Å². The monoisotopic (exact) mass is 402 g/mol. The fourth-order valence-corrected chi connectivity index (χ4v) is 3.87. The molecule has 0 aliphatic carbocycles. The summed E-state index contributed by atoms with van der Waals surface area (Å²) in [4.78, 5) is 31.3. The number of thiophene rings is 1. The summed E-state index contributed by atoms with van der Waals surface area (Å²) in [6.45, 7) is 7.78. The van der Waals surface area contributed by atoms with E-state index in [0.29, 0.717) is 19.6 Å². The van der Waals surface area contributed by atoms with Crippen molar-refractivity contribution in [3.05, 3.63) is 57.8 Å². The number of hydrogen-bond acceptors (Lipinski definition) is 4. The number of hydrogen-bond donors (Lipinski definition) is 0. The number of ether oxygens (including phenoxy) is 1. The summed E-state index contributed by atoms with van der Waals surface area (Å²) < 4.78 is 4.99. The molecule has 152 valence electrons. The summed E-state index contributed by atoms with van der Waals surface area (Å²) in [6.07, 6.45) is 0. The van der Waals surface area contributed by atoms with Crippen LogP contribution in [0.25, 0.3) is 0 Å². The second-order valence-corrected chi connectivity index (χ2v) is 8.72. The number of benzene rings is 1. The van der Waals surface area contributed by atoms with Crippen molar-refractivity contribution in [2.45, 2.75) is 33.9 Å². The quantitative estimate of drug-likeness (QED) is 0.609. The van der Waals surface area contributed by atoms with E-state index in [4.69, 9.17) is 4.74 Å². The van der Waals surface area contributed by atoms with Crippen LogP contribution in [0.4, 0.5) is 0 Å². The van der Waals surface area contributed by atoms with Gasteiger partial charge in [-0.3, -0.25) is 9.59 Å². The van der Waals surface area contributed by atoms with E-state index in [-0.39, 0.29) is 30.9 Å². The number of rotatable bonds is 10. The average molecular weight is 403 g/mol. The van der Waals surface area contributed by atoms with Crippen LogP contribution in [0.5, 0.6) is 0 Å². The standard InChI is InChI=1S/C22H30N2O3S/c1-17(2)12-23(22(26)16-27-4)15-21(25)24(13-19-8-6-5-7-9-19)14-20-11-10-18(3)28-20/h5-11,17H,12-16H2,1-4H3. The smallest absolute Gasteiger partial charge is 0.249 e. The van der Waals surface area contributed by atoms with Gasteiger partial charge in [0, 0.05) is 30.0 Å². The summed E-state index contributed by atoms with van der Waals surface area (Å²) in [7, 11) is 1.49. The van der Waals surface area contributed by atoms with Gasteiger partial charge in [-0.1, -0.05) is 44.2 Å². The fraction of sp³-hybridized carbons (Fsp3) is 0.455. The molecule has 0 aliphatic heterocycles. The highest BCUT2D eigenvalue weighted by atomic mass is 32.1. The van der Waals surface area contributed by atoms with Crippen LogP contribution >= 0.6 is 11.3 Å². The zero-order chi connectivity index (χ0) is 20.5. The Morgan fingerprint density at radius 1 is 1.00 bits per heavy atom. The Labute approximate surface area is 171 Å². The molecular formula is C22H30N2O3S. The summed E-state index contributed by atoms with van der Waals surface area (Å²) in [5, 5.41) is 0. The molecule has 1 aromatic carbocycles. The van der Waals surface area contributed by atoms with Gasteiger partial charge in [0.05, 0.1) is 13.1 Å². The number of carbonyl (C=O) groups excluding carboxylic acids is 2. The molecule has 0 fully saturated rings. The maximum absolute atomic E-state index is 13.2. The number of nitrogens with zero attached hydrogens (tertiary/aromatic N) is 2. The van der Waals surface area contributed by atoms with Gasteiger partial charge in [0.1, 0.15) is 6.61 Å². The number of aryl methyl sites for hydroxylation is 1. The normalized spacial score (nSPS) is 10.9. The molecule has 0 N–H and O–H groups in total. The first kappa shape index (κ1) is 22.1. The lowest BCUT2D eigenvalue weighted by atomic mass is 10.2. The minimum atomic E-state index is -0.156. The van der Waals surface area contributed by atoms with Crippen LogP contribution in [0.1, 0.15) is 29.2 Å². The van der Waals surface area contributed by atoms with Gasteiger partial charge in [-0.2, -0.15) is 0 Å². The third kappa shape index (κ3) is 7.09. The van der Waals surface area contributed by atoms with Gasteiger partial charge in [-0.25, -0.2) is 0 Å². The predicted octanol–water partition coefficient (Wildman–Crippen LogP) is 3.72. The highest BCUT2D eigenvalue weighted by molar-refractivity contribution is 7.11. The Bertz CT molecular complexity index is 758.